The van der Waals surface area contributed by atoms with Crippen LogP contribution in [-0.4, -0.2) is 23.8 Å². The summed E-state index contributed by atoms with van der Waals surface area (Å²) in [6.45, 7) is 2.01. The third kappa shape index (κ3) is 1.42. The van der Waals surface area contributed by atoms with Crippen molar-refractivity contribution in [2.24, 2.45) is 5.92 Å². The zero-order chi connectivity index (χ0) is 6.85. The summed E-state index contributed by atoms with van der Waals surface area (Å²) in [4.78, 5) is 10.5. The summed E-state index contributed by atoms with van der Waals surface area (Å²) < 4.78 is 4.57. The molecule has 0 aromatic heterocycles. The van der Waals surface area contributed by atoms with Crippen LogP contribution in [0.25, 0.3) is 0 Å². The van der Waals surface area contributed by atoms with Gasteiger partial charge in [0, 0.05) is 0 Å². The van der Waals surface area contributed by atoms with Crippen molar-refractivity contribution in [1.29, 1.82) is 0 Å². The van der Waals surface area contributed by atoms with Crippen LogP contribution in [0.2, 0.25) is 0 Å². The Balaban J connectivity index is 2.44. The van der Waals surface area contributed by atoms with Crippen LogP contribution >= 0.6 is 0 Å². The number of rotatable bonds is 0. The topological polar surface area (TPSA) is 46.5 Å². The molecule has 0 radical (unpaired) electrons. The standard InChI is InChI=1S/C6H10O3/c1-4-2-6(8)9-3-5(4)7/h4-5,7H,2-3H2,1H3/t4-,5+/m1/s1. The first kappa shape index (κ1) is 6.55. The molecule has 0 spiro atoms. The SMILES string of the molecule is C[C@@H]1CC(=O)OC[C@@H]1O. The van der Waals surface area contributed by atoms with Gasteiger partial charge >= 0.3 is 5.97 Å². The number of aliphatic hydroxyl groups excluding tert-OH is 1. The summed E-state index contributed by atoms with van der Waals surface area (Å²) in [5.41, 5.74) is 0. The third-order valence-electron chi connectivity index (χ3n) is 1.56. The van der Waals surface area contributed by atoms with Crippen LogP contribution in [0, 0.1) is 5.92 Å². The van der Waals surface area contributed by atoms with Gasteiger partial charge in [0.25, 0.3) is 0 Å². The van der Waals surface area contributed by atoms with E-state index in [1.54, 1.807) is 0 Å². The molecule has 0 aromatic rings. The lowest BCUT2D eigenvalue weighted by atomic mass is 10.00. The van der Waals surface area contributed by atoms with Gasteiger partial charge in [0.15, 0.2) is 0 Å². The van der Waals surface area contributed by atoms with Gasteiger partial charge in [0.2, 0.25) is 0 Å². The van der Waals surface area contributed by atoms with Gasteiger partial charge in [-0.1, -0.05) is 6.92 Å². The Hall–Kier alpha value is -0.570. The van der Waals surface area contributed by atoms with E-state index in [1.807, 2.05) is 6.92 Å². The molecule has 0 unspecified atom stereocenters. The molecule has 2 atom stereocenters. The highest BCUT2D eigenvalue weighted by atomic mass is 16.5. The first-order valence-electron chi connectivity index (χ1n) is 3.04. The minimum Gasteiger partial charge on any atom is -0.463 e. The maximum Gasteiger partial charge on any atom is 0.306 e. The molecule has 1 aliphatic rings. The predicted molar refractivity (Wildman–Crippen MR) is 30.7 cm³/mol. The molecule has 0 bridgehead atoms. The van der Waals surface area contributed by atoms with Gasteiger partial charge in [-0.3, -0.25) is 4.79 Å². The lowest BCUT2D eigenvalue weighted by Gasteiger charge is -2.22. The molecular weight excluding hydrogens is 120 g/mol. The van der Waals surface area contributed by atoms with Crippen molar-refractivity contribution >= 4 is 5.97 Å². The minimum atomic E-state index is -0.456. The fraction of sp³-hybridized carbons (Fsp3) is 0.833. The van der Waals surface area contributed by atoms with E-state index in [1.165, 1.54) is 0 Å². The van der Waals surface area contributed by atoms with Crippen LogP contribution in [0.1, 0.15) is 13.3 Å². The van der Waals surface area contributed by atoms with Gasteiger partial charge in [-0.25, -0.2) is 0 Å². The largest absolute Gasteiger partial charge is 0.463 e. The second-order valence-corrected chi connectivity index (χ2v) is 2.43. The summed E-state index contributed by atoms with van der Waals surface area (Å²) in [7, 11) is 0. The normalized spacial score (nSPS) is 36.0. The van der Waals surface area contributed by atoms with E-state index in [0.717, 1.165) is 0 Å². The summed E-state index contributed by atoms with van der Waals surface area (Å²) in [6, 6.07) is 0. The van der Waals surface area contributed by atoms with Crippen molar-refractivity contribution < 1.29 is 14.6 Å². The Morgan fingerprint density at radius 2 is 2.44 bits per heavy atom. The lowest BCUT2D eigenvalue weighted by Crippen LogP contribution is -2.33. The van der Waals surface area contributed by atoms with E-state index in [4.69, 9.17) is 5.11 Å². The van der Waals surface area contributed by atoms with E-state index >= 15 is 0 Å². The van der Waals surface area contributed by atoms with Crippen LogP contribution in [-0.2, 0) is 9.53 Å². The quantitative estimate of drug-likeness (QED) is 0.467. The number of ether oxygens (including phenoxy) is 1. The van der Waals surface area contributed by atoms with Gasteiger partial charge in [0.1, 0.15) is 6.61 Å². The summed E-state index contributed by atoms with van der Waals surface area (Å²) in [6.07, 6.45) is -0.107. The molecule has 0 saturated carbocycles. The first-order chi connectivity index (χ1) is 4.20. The maximum absolute atomic E-state index is 10.5. The Morgan fingerprint density at radius 1 is 1.78 bits per heavy atom. The number of hydrogen-bond acceptors (Lipinski definition) is 3. The highest BCUT2D eigenvalue weighted by molar-refractivity contribution is 5.70. The van der Waals surface area contributed by atoms with Gasteiger partial charge in [-0.2, -0.15) is 0 Å². The second-order valence-electron chi connectivity index (χ2n) is 2.43. The monoisotopic (exact) mass is 130 g/mol. The molecule has 1 fully saturated rings. The minimum absolute atomic E-state index is 0.0613. The molecule has 0 aliphatic carbocycles. The maximum atomic E-state index is 10.5. The van der Waals surface area contributed by atoms with Crippen molar-refractivity contribution in [3.05, 3.63) is 0 Å². The zero-order valence-electron chi connectivity index (χ0n) is 5.33. The van der Waals surface area contributed by atoms with Gasteiger partial charge < -0.3 is 9.84 Å². The molecule has 1 N–H and O–H groups in total. The highest BCUT2D eigenvalue weighted by Gasteiger charge is 2.24. The van der Waals surface area contributed by atoms with Crippen LogP contribution in [0.15, 0.2) is 0 Å². The molecule has 1 rings (SSSR count). The lowest BCUT2D eigenvalue weighted by molar-refractivity contribution is -0.156. The molecule has 1 heterocycles. The molecule has 3 heteroatoms. The van der Waals surface area contributed by atoms with Crippen LogP contribution < -0.4 is 0 Å². The number of hydrogen-bond donors (Lipinski definition) is 1. The number of aliphatic hydroxyl groups is 1. The molecule has 3 nitrogen and oxygen atoms in total. The molecule has 0 aromatic carbocycles. The van der Waals surface area contributed by atoms with Crippen molar-refractivity contribution in [3.63, 3.8) is 0 Å². The average Bonchev–Trinajstić information content (AvgIpc) is 1.80. The van der Waals surface area contributed by atoms with E-state index in [2.05, 4.69) is 4.74 Å². The molecular formula is C6H10O3. The van der Waals surface area contributed by atoms with Crippen LogP contribution in [0.5, 0.6) is 0 Å². The van der Waals surface area contributed by atoms with Crippen LogP contribution in [0.3, 0.4) is 0 Å². The number of carbonyl (C=O) groups is 1. The molecule has 52 valence electrons. The molecule has 1 aliphatic heterocycles. The fourth-order valence-corrected chi connectivity index (χ4v) is 0.800. The van der Waals surface area contributed by atoms with E-state index in [9.17, 15) is 4.79 Å². The molecule has 0 amide bonds. The van der Waals surface area contributed by atoms with Crippen molar-refractivity contribution in [2.75, 3.05) is 6.61 Å². The summed E-state index contributed by atoms with van der Waals surface area (Å²) >= 11 is 0. The summed E-state index contributed by atoms with van der Waals surface area (Å²) in [5, 5.41) is 9.02. The Kier molecular flexibility index (Phi) is 1.71. The van der Waals surface area contributed by atoms with E-state index in [-0.39, 0.29) is 18.5 Å². The van der Waals surface area contributed by atoms with Gasteiger partial charge in [0.05, 0.1) is 12.5 Å². The zero-order valence-corrected chi connectivity index (χ0v) is 5.33. The number of carbonyl (C=O) groups excluding carboxylic acids is 1. The molecule has 1 saturated heterocycles. The first-order valence-corrected chi connectivity index (χ1v) is 3.04. The average molecular weight is 130 g/mol. The third-order valence-corrected chi connectivity index (χ3v) is 1.56. The number of cyclic esters (lactones) is 1. The van der Waals surface area contributed by atoms with Crippen molar-refractivity contribution in [3.8, 4) is 0 Å². The van der Waals surface area contributed by atoms with Crippen molar-refractivity contribution in [2.45, 2.75) is 19.4 Å². The Labute approximate surface area is 53.6 Å². The van der Waals surface area contributed by atoms with E-state index < -0.39 is 6.10 Å². The Bertz CT molecular complexity index is 121. The highest BCUT2D eigenvalue weighted by Crippen LogP contribution is 2.14. The Morgan fingerprint density at radius 3 is 2.89 bits per heavy atom. The molecule has 9 heavy (non-hydrogen) atoms. The predicted octanol–water partition coefficient (Wildman–Crippen LogP) is -0.0697. The smallest absolute Gasteiger partial charge is 0.306 e. The second kappa shape index (κ2) is 2.35. The number of esters is 1. The van der Waals surface area contributed by atoms with E-state index in [0.29, 0.717) is 6.42 Å². The van der Waals surface area contributed by atoms with Crippen LogP contribution in [0.4, 0.5) is 0 Å². The van der Waals surface area contributed by atoms with Gasteiger partial charge in [-0.15, -0.1) is 0 Å². The van der Waals surface area contributed by atoms with Crippen molar-refractivity contribution in [1.82, 2.24) is 0 Å². The summed E-state index contributed by atoms with van der Waals surface area (Å²) in [5.74, 6) is -0.140. The van der Waals surface area contributed by atoms with Gasteiger partial charge in [-0.05, 0) is 5.92 Å². The fourth-order valence-electron chi connectivity index (χ4n) is 0.800.